The average Bonchev–Trinajstić information content (AvgIpc) is 3.09. The summed E-state index contributed by atoms with van der Waals surface area (Å²) >= 11 is 0. The van der Waals surface area contributed by atoms with E-state index in [1.54, 1.807) is 0 Å². The first-order chi connectivity index (χ1) is 25.1. The Morgan fingerprint density at radius 3 is 1.67 bits per heavy atom. The minimum Gasteiger partial charge on any atom is -0.477 e. The molecule has 1 N–H and O–H groups in total. The van der Waals surface area contributed by atoms with Crippen LogP contribution in [0.2, 0.25) is 0 Å². The number of aliphatic carboxylic acids is 1. The third kappa shape index (κ3) is 32.7. The molecule has 0 amide bonds. The zero-order valence-corrected chi connectivity index (χ0v) is 33.5. The van der Waals surface area contributed by atoms with Crippen molar-refractivity contribution >= 4 is 17.9 Å². The summed E-state index contributed by atoms with van der Waals surface area (Å²) in [7, 11) is 5.48. The number of quaternary nitrogens is 1. The summed E-state index contributed by atoms with van der Waals surface area (Å²) in [6.07, 6.45) is 42.4. The van der Waals surface area contributed by atoms with Gasteiger partial charge in [-0.2, -0.15) is 0 Å². The van der Waals surface area contributed by atoms with Gasteiger partial charge in [0.25, 0.3) is 0 Å². The first-order valence-electron chi connectivity index (χ1n) is 20.0. The molecule has 0 saturated carbocycles. The largest absolute Gasteiger partial charge is 0.477 e. The number of carboxylic acid groups (broad SMARTS) is 1. The second-order valence-electron chi connectivity index (χ2n) is 14.1. The molecule has 2 unspecified atom stereocenters. The molecule has 0 saturated heterocycles. The Bertz CT molecular complexity index is 1080. The molecule has 52 heavy (non-hydrogen) atoms. The predicted octanol–water partition coefficient (Wildman–Crippen LogP) is 10.4. The molecule has 0 aliphatic rings. The van der Waals surface area contributed by atoms with Gasteiger partial charge >= 0.3 is 17.9 Å². The molecule has 0 bridgehead atoms. The fourth-order valence-electron chi connectivity index (χ4n) is 5.25. The minimum absolute atomic E-state index is 0.0250. The van der Waals surface area contributed by atoms with Crippen LogP contribution in [0.4, 0.5) is 0 Å². The van der Waals surface area contributed by atoms with Crippen LogP contribution in [0, 0.1) is 0 Å². The number of rotatable bonds is 34. The number of ether oxygens (including phenoxy) is 3. The van der Waals surface area contributed by atoms with Gasteiger partial charge in [-0.25, -0.2) is 4.79 Å². The van der Waals surface area contributed by atoms with Crippen LogP contribution in [0.1, 0.15) is 136 Å². The number of unbranched alkanes of at least 4 members (excludes halogenated alkanes) is 8. The second-order valence-corrected chi connectivity index (χ2v) is 14.1. The average molecular weight is 729 g/mol. The van der Waals surface area contributed by atoms with Gasteiger partial charge < -0.3 is 23.8 Å². The number of esters is 2. The molecule has 0 aliphatic heterocycles. The van der Waals surface area contributed by atoms with Crippen molar-refractivity contribution in [2.24, 2.45) is 0 Å². The molecule has 0 spiro atoms. The van der Waals surface area contributed by atoms with Crippen molar-refractivity contribution in [2.45, 2.75) is 148 Å². The van der Waals surface area contributed by atoms with Crippen molar-refractivity contribution in [1.29, 1.82) is 0 Å². The van der Waals surface area contributed by atoms with Crippen LogP contribution in [0.5, 0.6) is 0 Å². The van der Waals surface area contributed by atoms with Gasteiger partial charge in [-0.05, 0) is 70.6 Å². The fourth-order valence-corrected chi connectivity index (χ4v) is 5.25. The third-order valence-corrected chi connectivity index (χ3v) is 8.35. The van der Waals surface area contributed by atoms with Gasteiger partial charge in [-0.1, -0.05) is 119 Å². The number of allylic oxidation sites excluding steroid dienone is 12. The summed E-state index contributed by atoms with van der Waals surface area (Å²) in [5, 5.41) is 9.59. The lowest BCUT2D eigenvalue weighted by Crippen LogP contribution is -2.50. The van der Waals surface area contributed by atoms with Gasteiger partial charge in [0.05, 0.1) is 34.4 Å². The van der Waals surface area contributed by atoms with E-state index in [4.69, 9.17) is 14.2 Å². The van der Waals surface area contributed by atoms with Crippen LogP contribution in [0.3, 0.4) is 0 Å². The topological polar surface area (TPSA) is 99.1 Å². The zero-order valence-electron chi connectivity index (χ0n) is 33.5. The quantitative estimate of drug-likeness (QED) is 0.0305. The summed E-state index contributed by atoms with van der Waals surface area (Å²) < 4.78 is 17.1. The first-order valence-corrected chi connectivity index (χ1v) is 20.0. The summed E-state index contributed by atoms with van der Waals surface area (Å²) in [5.74, 6) is -1.60. The maximum atomic E-state index is 12.6. The molecule has 0 aliphatic carbocycles. The molecule has 0 radical (unpaired) electrons. The Balaban J connectivity index is 4.56. The van der Waals surface area contributed by atoms with E-state index in [1.807, 2.05) is 33.3 Å². The van der Waals surface area contributed by atoms with E-state index < -0.39 is 24.1 Å². The predicted molar refractivity (Wildman–Crippen MR) is 215 cm³/mol. The summed E-state index contributed by atoms with van der Waals surface area (Å²) in [5.41, 5.74) is 0. The van der Waals surface area contributed by atoms with E-state index >= 15 is 0 Å². The lowest BCUT2D eigenvalue weighted by Gasteiger charge is -2.31. The molecule has 0 aromatic carbocycles. The monoisotopic (exact) mass is 729 g/mol. The molecular formula is C44H74NO7+. The molecule has 0 fully saturated rings. The van der Waals surface area contributed by atoms with Crippen LogP contribution in [-0.4, -0.2) is 80.6 Å². The number of nitrogens with zero attached hydrogens (tertiary/aromatic N) is 1. The Labute approximate surface area is 317 Å². The van der Waals surface area contributed by atoms with Crippen molar-refractivity contribution in [3.8, 4) is 0 Å². The number of hydrogen-bond acceptors (Lipinski definition) is 6. The normalized spacial score (nSPS) is 13.8. The lowest BCUT2D eigenvalue weighted by atomic mass is 10.1. The third-order valence-electron chi connectivity index (χ3n) is 8.35. The van der Waals surface area contributed by atoms with Gasteiger partial charge in [0.2, 0.25) is 0 Å². The van der Waals surface area contributed by atoms with E-state index in [2.05, 4.69) is 74.6 Å². The molecule has 0 aromatic rings. The SMILES string of the molecule is CC/C=C/C/C=C/C/C=C/C/C=C/C/C=C/CCC(=O)OC(COCCC(C(=O)O)[N+](C)(C)C)COC(=O)CCCCCCC/C=C/CCCCC. The highest BCUT2D eigenvalue weighted by atomic mass is 16.6. The smallest absolute Gasteiger partial charge is 0.362 e. The maximum absolute atomic E-state index is 12.6. The Morgan fingerprint density at radius 1 is 0.596 bits per heavy atom. The summed E-state index contributed by atoms with van der Waals surface area (Å²) in [6, 6.07) is -0.630. The number of likely N-dealkylation sites (N-methyl/N-ethyl adjacent to an activating group) is 1. The standard InChI is InChI=1S/C44H73NO7/c1-6-8-10-12-14-16-18-20-21-22-23-25-27-29-31-33-35-43(47)52-40(38-50-37-36-41(44(48)49)45(3,4)5)39-51-42(46)34-32-30-28-26-24-19-17-15-13-11-9-7-2/h8,10,14-17,20-21,23,25,29,31,40-41H,6-7,9,11-13,18-19,22,24,26-28,30,32-39H2,1-5H3/p+1/b10-8+,16-14+,17-15+,21-20+,25-23+,31-29+. The van der Waals surface area contributed by atoms with Crippen LogP contribution < -0.4 is 0 Å². The number of carbonyl (C=O) groups is 3. The van der Waals surface area contributed by atoms with E-state index in [9.17, 15) is 19.5 Å². The fraction of sp³-hybridized carbons (Fsp3) is 0.659. The number of hydrogen-bond donors (Lipinski definition) is 1. The van der Waals surface area contributed by atoms with Crippen molar-refractivity contribution in [1.82, 2.24) is 0 Å². The van der Waals surface area contributed by atoms with Crippen molar-refractivity contribution in [2.75, 3.05) is 41.0 Å². The number of carboxylic acids is 1. The molecule has 0 aromatic heterocycles. The maximum Gasteiger partial charge on any atom is 0.362 e. The van der Waals surface area contributed by atoms with Gasteiger partial charge in [0, 0.05) is 19.3 Å². The van der Waals surface area contributed by atoms with E-state index in [1.165, 1.54) is 32.1 Å². The molecule has 2 atom stereocenters. The molecule has 8 nitrogen and oxygen atoms in total. The van der Waals surface area contributed by atoms with E-state index in [-0.39, 0.29) is 36.7 Å². The lowest BCUT2D eigenvalue weighted by molar-refractivity contribution is -0.887. The van der Waals surface area contributed by atoms with Gasteiger partial charge in [-0.3, -0.25) is 9.59 Å². The molecule has 0 heterocycles. The molecule has 8 heteroatoms. The van der Waals surface area contributed by atoms with Crippen LogP contribution in [0.15, 0.2) is 72.9 Å². The molecule has 0 rings (SSSR count). The van der Waals surface area contributed by atoms with Gasteiger partial charge in [0.1, 0.15) is 6.61 Å². The zero-order chi connectivity index (χ0) is 38.5. The first kappa shape index (κ1) is 48.8. The van der Waals surface area contributed by atoms with Crippen LogP contribution in [-0.2, 0) is 28.6 Å². The minimum atomic E-state index is -0.891. The van der Waals surface area contributed by atoms with Gasteiger partial charge in [0.15, 0.2) is 12.1 Å². The van der Waals surface area contributed by atoms with Gasteiger partial charge in [-0.15, -0.1) is 0 Å². The highest BCUT2D eigenvalue weighted by Gasteiger charge is 2.31. The highest BCUT2D eigenvalue weighted by Crippen LogP contribution is 2.11. The Hall–Kier alpha value is -3.23. The molecular weight excluding hydrogens is 654 g/mol. The van der Waals surface area contributed by atoms with Crippen LogP contribution in [0.25, 0.3) is 0 Å². The van der Waals surface area contributed by atoms with Crippen molar-refractivity contribution in [3.05, 3.63) is 72.9 Å². The summed E-state index contributed by atoms with van der Waals surface area (Å²) in [4.78, 5) is 36.8. The Morgan fingerprint density at radius 2 is 1.12 bits per heavy atom. The van der Waals surface area contributed by atoms with E-state index in [0.29, 0.717) is 19.3 Å². The van der Waals surface area contributed by atoms with Crippen molar-refractivity contribution < 1.29 is 38.2 Å². The van der Waals surface area contributed by atoms with E-state index in [0.717, 1.165) is 64.2 Å². The highest BCUT2D eigenvalue weighted by molar-refractivity contribution is 5.72. The van der Waals surface area contributed by atoms with Crippen LogP contribution >= 0.6 is 0 Å². The Kier molecular flexibility index (Phi) is 32.7. The van der Waals surface area contributed by atoms with Crippen molar-refractivity contribution in [3.63, 3.8) is 0 Å². The number of carbonyl (C=O) groups excluding carboxylic acids is 2. The second kappa shape index (κ2) is 34.8. The molecule has 296 valence electrons. The summed E-state index contributed by atoms with van der Waals surface area (Å²) in [6.45, 7) is 4.48.